The molecule has 29 heavy (non-hydrogen) atoms. The van der Waals surface area contributed by atoms with Crippen molar-refractivity contribution in [3.05, 3.63) is 40.1 Å². The van der Waals surface area contributed by atoms with Gasteiger partial charge in [0.2, 0.25) is 5.75 Å². The fourth-order valence-corrected chi connectivity index (χ4v) is 2.94. The van der Waals surface area contributed by atoms with E-state index in [-0.39, 0.29) is 6.54 Å². The second-order valence-electron chi connectivity index (χ2n) is 5.59. The van der Waals surface area contributed by atoms with Crippen LogP contribution in [0.25, 0.3) is 0 Å². The van der Waals surface area contributed by atoms with Crippen molar-refractivity contribution in [1.29, 1.82) is 0 Å². The first kappa shape index (κ1) is 22.2. The minimum absolute atomic E-state index is 0.220. The monoisotopic (exact) mass is 419 g/mol. The minimum Gasteiger partial charge on any atom is -0.490 e. The maximum atomic E-state index is 12.5. The van der Waals surface area contributed by atoms with Gasteiger partial charge in [-0.1, -0.05) is 6.07 Å². The molecule has 1 aromatic carbocycles. The van der Waals surface area contributed by atoms with E-state index < -0.39 is 11.8 Å². The van der Waals surface area contributed by atoms with Gasteiger partial charge in [-0.3, -0.25) is 9.59 Å². The summed E-state index contributed by atoms with van der Waals surface area (Å²) < 4.78 is 16.8. The zero-order chi connectivity index (χ0) is 21.1. The van der Waals surface area contributed by atoms with Gasteiger partial charge < -0.3 is 19.5 Å². The van der Waals surface area contributed by atoms with Crippen LogP contribution in [-0.4, -0.2) is 44.4 Å². The zero-order valence-electron chi connectivity index (χ0n) is 16.7. The first-order valence-electron chi connectivity index (χ1n) is 9.29. The molecule has 0 spiro atoms. The molecule has 0 atom stereocenters. The Balaban J connectivity index is 2.03. The van der Waals surface area contributed by atoms with E-state index in [1.807, 2.05) is 38.3 Å². The van der Waals surface area contributed by atoms with E-state index in [9.17, 15) is 9.59 Å². The van der Waals surface area contributed by atoms with Crippen molar-refractivity contribution >= 4 is 29.4 Å². The number of nitrogens with one attached hydrogen (secondary N) is 2. The van der Waals surface area contributed by atoms with E-state index in [0.717, 1.165) is 4.88 Å². The Morgan fingerprint density at radius 1 is 1.07 bits per heavy atom. The molecule has 0 saturated heterocycles. The summed E-state index contributed by atoms with van der Waals surface area (Å²) in [5.41, 5.74) is 2.67. The Kier molecular flexibility index (Phi) is 8.97. The standard InChI is InChI=1S/C20H25N3O5S/c1-4-26-16-10-14(11-17(27-5-2)19(16)28-6-3)20(25)21-13-18(24)23-22-12-15-8-7-9-29-15/h7-12H,4-6,13H2,1-3H3,(H,21,25)(H,23,24)/b22-12+. The van der Waals surface area contributed by atoms with Crippen molar-refractivity contribution in [1.82, 2.24) is 10.7 Å². The van der Waals surface area contributed by atoms with Gasteiger partial charge in [0.25, 0.3) is 11.8 Å². The van der Waals surface area contributed by atoms with E-state index >= 15 is 0 Å². The third-order valence-electron chi connectivity index (χ3n) is 3.51. The Morgan fingerprint density at radius 2 is 1.72 bits per heavy atom. The molecule has 0 aliphatic carbocycles. The van der Waals surface area contributed by atoms with Crippen LogP contribution in [0.1, 0.15) is 36.0 Å². The minimum atomic E-state index is -0.438. The number of hydrogen-bond acceptors (Lipinski definition) is 7. The van der Waals surface area contributed by atoms with E-state index in [0.29, 0.717) is 42.6 Å². The van der Waals surface area contributed by atoms with Crippen LogP contribution in [0.5, 0.6) is 17.2 Å². The van der Waals surface area contributed by atoms with E-state index in [1.165, 1.54) is 11.3 Å². The third kappa shape index (κ3) is 6.79. The molecule has 0 aliphatic rings. The first-order valence-corrected chi connectivity index (χ1v) is 10.2. The smallest absolute Gasteiger partial charge is 0.259 e. The summed E-state index contributed by atoms with van der Waals surface area (Å²) in [6.45, 7) is 6.54. The van der Waals surface area contributed by atoms with Crippen molar-refractivity contribution in [2.45, 2.75) is 20.8 Å². The molecule has 156 valence electrons. The molecule has 0 saturated carbocycles. The molecule has 1 aromatic heterocycles. The number of nitrogens with zero attached hydrogens (tertiary/aromatic N) is 1. The predicted molar refractivity (Wildman–Crippen MR) is 112 cm³/mol. The first-order chi connectivity index (χ1) is 14.1. The molecule has 0 fully saturated rings. The van der Waals surface area contributed by atoms with Gasteiger partial charge in [-0.15, -0.1) is 11.3 Å². The van der Waals surface area contributed by atoms with Gasteiger partial charge in [0.1, 0.15) is 0 Å². The maximum absolute atomic E-state index is 12.5. The average Bonchev–Trinajstić information content (AvgIpc) is 3.22. The maximum Gasteiger partial charge on any atom is 0.259 e. The molecular weight excluding hydrogens is 394 g/mol. The Hall–Kier alpha value is -3.07. The van der Waals surface area contributed by atoms with Crippen molar-refractivity contribution < 1.29 is 23.8 Å². The summed E-state index contributed by atoms with van der Waals surface area (Å²) in [5.74, 6) is 0.402. The summed E-state index contributed by atoms with van der Waals surface area (Å²) in [4.78, 5) is 25.3. The number of carbonyl (C=O) groups excluding carboxylic acids is 2. The number of amides is 2. The van der Waals surface area contributed by atoms with Crippen LogP contribution >= 0.6 is 11.3 Å². The van der Waals surface area contributed by atoms with Crippen LogP contribution in [0.3, 0.4) is 0 Å². The van der Waals surface area contributed by atoms with Gasteiger partial charge in [-0.25, -0.2) is 5.43 Å². The predicted octanol–water partition coefficient (Wildman–Crippen LogP) is 2.82. The third-order valence-corrected chi connectivity index (χ3v) is 4.31. The largest absolute Gasteiger partial charge is 0.490 e. The number of rotatable bonds is 11. The lowest BCUT2D eigenvalue weighted by Gasteiger charge is -2.17. The molecule has 9 heteroatoms. The SMILES string of the molecule is CCOc1cc(C(=O)NCC(=O)N/N=C/c2cccs2)cc(OCC)c1OCC. The quantitative estimate of drug-likeness (QED) is 0.431. The lowest BCUT2D eigenvalue weighted by atomic mass is 10.1. The fraction of sp³-hybridized carbons (Fsp3) is 0.350. The molecule has 0 bridgehead atoms. The number of hydrazone groups is 1. The van der Waals surface area contributed by atoms with Crippen molar-refractivity contribution in [3.63, 3.8) is 0 Å². The van der Waals surface area contributed by atoms with Gasteiger partial charge in [0, 0.05) is 10.4 Å². The van der Waals surface area contributed by atoms with Gasteiger partial charge >= 0.3 is 0 Å². The number of carbonyl (C=O) groups is 2. The van der Waals surface area contributed by atoms with Crippen LogP contribution in [0, 0.1) is 0 Å². The lowest BCUT2D eigenvalue weighted by molar-refractivity contribution is -0.120. The summed E-state index contributed by atoms with van der Waals surface area (Å²) >= 11 is 1.50. The topological polar surface area (TPSA) is 98.2 Å². The molecule has 2 amide bonds. The van der Waals surface area contributed by atoms with Gasteiger partial charge in [0.15, 0.2) is 11.5 Å². The van der Waals surface area contributed by atoms with E-state index in [2.05, 4.69) is 15.8 Å². The van der Waals surface area contributed by atoms with Crippen molar-refractivity contribution in [2.24, 2.45) is 5.10 Å². The van der Waals surface area contributed by atoms with E-state index in [1.54, 1.807) is 18.3 Å². The summed E-state index contributed by atoms with van der Waals surface area (Å²) in [7, 11) is 0. The number of benzene rings is 1. The second-order valence-corrected chi connectivity index (χ2v) is 6.57. The van der Waals surface area contributed by atoms with Crippen LogP contribution in [0.2, 0.25) is 0 Å². The number of ether oxygens (including phenoxy) is 3. The summed E-state index contributed by atoms with van der Waals surface area (Å²) in [6, 6.07) is 6.90. The van der Waals surface area contributed by atoms with Crippen molar-refractivity contribution in [2.75, 3.05) is 26.4 Å². The highest BCUT2D eigenvalue weighted by Crippen LogP contribution is 2.39. The molecule has 2 rings (SSSR count). The van der Waals surface area contributed by atoms with Crippen molar-refractivity contribution in [3.8, 4) is 17.2 Å². The fourth-order valence-electron chi connectivity index (χ4n) is 2.35. The average molecular weight is 420 g/mol. The lowest BCUT2D eigenvalue weighted by Crippen LogP contribution is -2.35. The number of thiophene rings is 1. The Morgan fingerprint density at radius 3 is 2.28 bits per heavy atom. The van der Waals surface area contributed by atoms with Crippen LogP contribution < -0.4 is 25.0 Å². The van der Waals surface area contributed by atoms with Gasteiger partial charge in [-0.05, 0) is 44.4 Å². The second kappa shape index (κ2) is 11.7. The highest BCUT2D eigenvalue weighted by atomic mass is 32.1. The van der Waals surface area contributed by atoms with Crippen LogP contribution in [0.15, 0.2) is 34.7 Å². The number of hydrogen-bond donors (Lipinski definition) is 2. The molecule has 8 nitrogen and oxygen atoms in total. The summed E-state index contributed by atoms with van der Waals surface area (Å²) in [6.07, 6.45) is 1.54. The van der Waals surface area contributed by atoms with Crippen LogP contribution in [-0.2, 0) is 4.79 Å². The van der Waals surface area contributed by atoms with Gasteiger partial charge in [-0.2, -0.15) is 5.10 Å². The molecule has 0 aliphatic heterocycles. The Labute approximate surface area is 173 Å². The zero-order valence-corrected chi connectivity index (χ0v) is 17.5. The van der Waals surface area contributed by atoms with Crippen LogP contribution in [0.4, 0.5) is 0 Å². The van der Waals surface area contributed by atoms with E-state index in [4.69, 9.17) is 14.2 Å². The van der Waals surface area contributed by atoms with Gasteiger partial charge in [0.05, 0.1) is 32.6 Å². The molecular formula is C20H25N3O5S. The summed E-state index contributed by atoms with van der Waals surface area (Å²) in [5, 5.41) is 8.32. The molecule has 2 aromatic rings. The molecule has 0 radical (unpaired) electrons. The highest BCUT2D eigenvalue weighted by Gasteiger charge is 2.18. The highest BCUT2D eigenvalue weighted by molar-refractivity contribution is 7.11. The molecule has 2 N–H and O–H groups in total. The molecule has 0 unspecified atom stereocenters. The Bertz CT molecular complexity index is 810. The molecule has 1 heterocycles. The normalized spacial score (nSPS) is 10.6.